The quantitative estimate of drug-likeness (QED) is 0.914. The van der Waals surface area contributed by atoms with Crippen LogP contribution >= 0.6 is 0 Å². The minimum absolute atomic E-state index is 0.135. The Morgan fingerprint density at radius 1 is 1.33 bits per heavy atom. The number of aryl methyl sites for hydroxylation is 1. The lowest BCUT2D eigenvalue weighted by Gasteiger charge is -2.31. The summed E-state index contributed by atoms with van der Waals surface area (Å²) in [6.07, 6.45) is 5.65. The van der Waals surface area contributed by atoms with Gasteiger partial charge in [0.15, 0.2) is 0 Å². The van der Waals surface area contributed by atoms with Gasteiger partial charge in [-0.3, -0.25) is 19.9 Å². The van der Waals surface area contributed by atoms with E-state index in [0.29, 0.717) is 0 Å². The molecule has 0 unspecified atom stereocenters. The average molecular weight is 285 g/mol. The van der Waals surface area contributed by atoms with E-state index in [4.69, 9.17) is 0 Å². The molecule has 0 saturated carbocycles. The van der Waals surface area contributed by atoms with Gasteiger partial charge in [0.05, 0.1) is 11.9 Å². The minimum Gasteiger partial charge on any atom is -0.342 e. The maximum absolute atomic E-state index is 11.5. The first-order chi connectivity index (χ1) is 10.1. The fraction of sp³-hybridized carbons (Fsp3) is 0.467. The molecule has 6 heteroatoms. The number of carbonyl (C=O) groups excluding carboxylic acids is 1. The zero-order valence-corrected chi connectivity index (χ0v) is 12.3. The SMILES string of the molecule is CC(=O)N1CCC[C@@H](c2cnc(-c3cc(C)[nH]n3)cn2)C1. The minimum atomic E-state index is 0.135. The Bertz CT molecular complexity index is 634. The predicted molar refractivity (Wildman–Crippen MR) is 78.6 cm³/mol. The Balaban J connectivity index is 1.76. The molecule has 3 heterocycles. The highest BCUT2D eigenvalue weighted by molar-refractivity contribution is 5.73. The number of hydrogen-bond acceptors (Lipinski definition) is 4. The number of rotatable bonds is 2. The molecule has 2 aromatic heterocycles. The second-order valence-electron chi connectivity index (χ2n) is 5.57. The van der Waals surface area contributed by atoms with Crippen molar-refractivity contribution < 1.29 is 4.79 Å². The van der Waals surface area contributed by atoms with Gasteiger partial charge in [0.2, 0.25) is 5.91 Å². The zero-order chi connectivity index (χ0) is 14.8. The molecular weight excluding hydrogens is 266 g/mol. The molecule has 2 aromatic rings. The lowest BCUT2D eigenvalue weighted by molar-refractivity contribution is -0.130. The van der Waals surface area contributed by atoms with E-state index in [0.717, 1.165) is 48.7 Å². The molecule has 3 rings (SSSR count). The van der Waals surface area contributed by atoms with Crippen LogP contribution in [0.1, 0.15) is 37.1 Å². The fourth-order valence-corrected chi connectivity index (χ4v) is 2.73. The standard InChI is InChI=1S/C15H19N5O/c1-10-6-13(19-18-10)15-8-16-14(7-17-15)12-4-3-5-20(9-12)11(2)21/h6-8,12H,3-5,9H2,1-2H3,(H,18,19)/t12-/m1/s1. The third-order valence-corrected chi connectivity index (χ3v) is 3.93. The summed E-state index contributed by atoms with van der Waals surface area (Å²) in [5.41, 5.74) is 3.53. The summed E-state index contributed by atoms with van der Waals surface area (Å²) in [6, 6.07) is 1.95. The first-order valence-electron chi connectivity index (χ1n) is 7.23. The van der Waals surface area contributed by atoms with E-state index < -0.39 is 0 Å². The molecule has 1 N–H and O–H groups in total. The monoisotopic (exact) mass is 285 g/mol. The molecule has 0 radical (unpaired) electrons. The van der Waals surface area contributed by atoms with Crippen LogP contribution in [0.3, 0.4) is 0 Å². The van der Waals surface area contributed by atoms with Crippen molar-refractivity contribution >= 4 is 5.91 Å². The van der Waals surface area contributed by atoms with Gasteiger partial charge in [-0.2, -0.15) is 5.10 Å². The fourth-order valence-electron chi connectivity index (χ4n) is 2.73. The number of nitrogens with one attached hydrogen (secondary N) is 1. The van der Waals surface area contributed by atoms with E-state index in [1.165, 1.54) is 0 Å². The first-order valence-corrected chi connectivity index (χ1v) is 7.23. The van der Waals surface area contributed by atoms with E-state index in [2.05, 4.69) is 20.2 Å². The number of aromatic amines is 1. The van der Waals surface area contributed by atoms with E-state index in [9.17, 15) is 4.79 Å². The van der Waals surface area contributed by atoms with Gasteiger partial charge in [-0.1, -0.05) is 0 Å². The highest BCUT2D eigenvalue weighted by Gasteiger charge is 2.24. The lowest BCUT2D eigenvalue weighted by Crippen LogP contribution is -2.37. The normalized spacial score (nSPS) is 18.8. The van der Waals surface area contributed by atoms with Crippen LogP contribution in [0.15, 0.2) is 18.5 Å². The van der Waals surface area contributed by atoms with E-state index >= 15 is 0 Å². The van der Waals surface area contributed by atoms with Crippen molar-refractivity contribution in [1.29, 1.82) is 0 Å². The van der Waals surface area contributed by atoms with Gasteiger partial charge in [0, 0.05) is 37.8 Å². The number of likely N-dealkylation sites (tertiary alicyclic amines) is 1. The summed E-state index contributed by atoms with van der Waals surface area (Å²) in [5, 5.41) is 7.08. The highest BCUT2D eigenvalue weighted by Crippen LogP contribution is 2.26. The molecule has 6 nitrogen and oxygen atoms in total. The van der Waals surface area contributed by atoms with Crippen molar-refractivity contribution in [3.8, 4) is 11.4 Å². The third-order valence-electron chi connectivity index (χ3n) is 3.93. The van der Waals surface area contributed by atoms with Gasteiger partial charge in [0.25, 0.3) is 0 Å². The van der Waals surface area contributed by atoms with Gasteiger partial charge < -0.3 is 4.90 Å². The Labute approximate surface area is 123 Å². The van der Waals surface area contributed by atoms with E-state index in [1.807, 2.05) is 24.1 Å². The Kier molecular flexibility index (Phi) is 3.68. The molecule has 1 atom stereocenters. The average Bonchev–Trinajstić information content (AvgIpc) is 2.94. The van der Waals surface area contributed by atoms with Crippen LogP contribution in [0.5, 0.6) is 0 Å². The molecular formula is C15H19N5O. The van der Waals surface area contributed by atoms with Crippen LogP contribution in [-0.2, 0) is 4.79 Å². The molecule has 1 aliphatic heterocycles. The zero-order valence-electron chi connectivity index (χ0n) is 12.3. The van der Waals surface area contributed by atoms with Gasteiger partial charge >= 0.3 is 0 Å². The van der Waals surface area contributed by atoms with Crippen molar-refractivity contribution in [1.82, 2.24) is 25.1 Å². The molecule has 1 amide bonds. The van der Waals surface area contributed by atoms with Crippen molar-refractivity contribution in [3.05, 3.63) is 29.8 Å². The van der Waals surface area contributed by atoms with Crippen molar-refractivity contribution in [2.24, 2.45) is 0 Å². The van der Waals surface area contributed by atoms with Crippen LogP contribution in [-0.4, -0.2) is 44.1 Å². The van der Waals surface area contributed by atoms with Crippen LogP contribution in [0.2, 0.25) is 0 Å². The number of amides is 1. The molecule has 21 heavy (non-hydrogen) atoms. The summed E-state index contributed by atoms with van der Waals surface area (Å²) >= 11 is 0. The summed E-state index contributed by atoms with van der Waals surface area (Å²) in [5.74, 6) is 0.418. The van der Waals surface area contributed by atoms with Crippen LogP contribution in [0.4, 0.5) is 0 Å². The predicted octanol–water partition coefficient (Wildman–Crippen LogP) is 1.90. The number of hydrogen-bond donors (Lipinski definition) is 1. The van der Waals surface area contributed by atoms with Gasteiger partial charge in [0.1, 0.15) is 11.4 Å². The number of nitrogens with zero attached hydrogens (tertiary/aromatic N) is 4. The van der Waals surface area contributed by atoms with E-state index in [-0.39, 0.29) is 11.8 Å². The summed E-state index contributed by atoms with van der Waals surface area (Å²) < 4.78 is 0. The number of piperidine rings is 1. The smallest absolute Gasteiger partial charge is 0.219 e. The largest absolute Gasteiger partial charge is 0.342 e. The summed E-state index contributed by atoms with van der Waals surface area (Å²) in [4.78, 5) is 22.4. The van der Waals surface area contributed by atoms with Crippen LogP contribution < -0.4 is 0 Å². The third kappa shape index (κ3) is 2.94. The molecule has 1 saturated heterocycles. The first kappa shape index (κ1) is 13.7. The van der Waals surface area contributed by atoms with Crippen molar-refractivity contribution in [2.45, 2.75) is 32.6 Å². The van der Waals surface area contributed by atoms with Gasteiger partial charge in [-0.25, -0.2) is 0 Å². The van der Waals surface area contributed by atoms with Crippen molar-refractivity contribution in [3.63, 3.8) is 0 Å². The highest BCUT2D eigenvalue weighted by atomic mass is 16.2. The summed E-state index contributed by atoms with van der Waals surface area (Å²) in [6.45, 7) is 5.17. The maximum Gasteiger partial charge on any atom is 0.219 e. The lowest BCUT2D eigenvalue weighted by atomic mass is 9.95. The molecule has 0 spiro atoms. The number of carbonyl (C=O) groups is 1. The van der Waals surface area contributed by atoms with Crippen molar-refractivity contribution in [2.75, 3.05) is 13.1 Å². The topological polar surface area (TPSA) is 74.8 Å². The van der Waals surface area contributed by atoms with Crippen LogP contribution in [0, 0.1) is 6.92 Å². The Hall–Kier alpha value is -2.24. The number of H-pyrrole nitrogens is 1. The Morgan fingerprint density at radius 3 is 2.81 bits per heavy atom. The number of aromatic nitrogens is 4. The second-order valence-corrected chi connectivity index (χ2v) is 5.57. The molecule has 110 valence electrons. The summed E-state index contributed by atoms with van der Waals surface area (Å²) in [7, 11) is 0. The maximum atomic E-state index is 11.5. The molecule has 1 fully saturated rings. The second kappa shape index (κ2) is 5.63. The molecule has 0 aromatic carbocycles. The van der Waals surface area contributed by atoms with E-state index in [1.54, 1.807) is 13.1 Å². The molecule has 1 aliphatic rings. The van der Waals surface area contributed by atoms with Crippen LogP contribution in [0.25, 0.3) is 11.4 Å². The Morgan fingerprint density at radius 2 is 2.19 bits per heavy atom. The molecule has 0 aliphatic carbocycles. The molecule has 0 bridgehead atoms. The van der Waals surface area contributed by atoms with Gasteiger partial charge in [-0.05, 0) is 25.8 Å². The van der Waals surface area contributed by atoms with Gasteiger partial charge in [-0.15, -0.1) is 0 Å².